The van der Waals surface area contributed by atoms with Gasteiger partial charge in [-0.25, -0.2) is 9.18 Å². The maximum atomic E-state index is 14.9. The number of cyclic esters (lactones) is 1. The van der Waals surface area contributed by atoms with Gasteiger partial charge in [0.25, 0.3) is 0 Å². The van der Waals surface area contributed by atoms with E-state index in [9.17, 15) is 14.0 Å². The number of nitrogens with one attached hydrogen (secondary N) is 1. The number of anilines is 1. The van der Waals surface area contributed by atoms with Gasteiger partial charge >= 0.3 is 6.09 Å². The van der Waals surface area contributed by atoms with Gasteiger partial charge in [-0.05, 0) is 60.1 Å². The molecule has 0 bridgehead atoms. The lowest BCUT2D eigenvalue weighted by atomic mass is 10.0. The molecule has 2 amide bonds. The van der Waals surface area contributed by atoms with Crippen LogP contribution in [0.15, 0.2) is 47.8 Å². The topological polar surface area (TPSA) is 84.4 Å². The number of amides is 2. The number of carbonyl (C=O) groups excluding carboxylic acids is 2. The average Bonchev–Trinajstić information content (AvgIpc) is 3.42. The van der Waals surface area contributed by atoms with E-state index in [1.807, 2.05) is 29.6 Å². The van der Waals surface area contributed by atoms with Crippen molar-refractivity contribution < 1.29 is 18.7 Å². The van der Waals surface area contributed by atoms with E-state index in [1.165, 1.54) is 35.0 Å². The van der Waals surface area contributed by atoms with Crippen LogP contribution in [-0.4, -0.2) is 40.8 Å². The standard InChI is InChI=1S/C23H23FN4O3S/c1-15(29)25-12-20-13-28(23(30)31-20)19-9-10-21(22(24)11-19)17-7-5-16(6-8-17)3-2-4-18-14-32-27-26-18/h5-11,14,20H,2-4,12-13H2,1H3,(H,25,29)/t20-/m0/s1. The van der Waals surface area contributed by atoms with Crippen molar-refractivity contribution in [1.82, 2.24) is 14.9 Å². The van der Waals surface area contributed by atoms with Gasteiger partial charge in [0.15, 0.2) is 0 Å². The summed E-state index contributed by atoms with van der Waals surface area (Å²) in [6.45, 7) is 1.88. The zero-order valence-corrected chi connectivity index (χ0v) is 18.4. The van der Waals surface area contributed by atoms with Crippen molar-refractivity contribution in [2.45, 2.75) is 32.3 Å². The minimum Gasteiger partial charge on any atom is -0.442 e. The van der Waals surface area contributed by atoms with Gasteiger partial charge < -0.3 is 10.1 Å². The number of hydrogen-bond donors (Lipinski definition) is 1. The van der Waals surface area contributed by atoms with Gasteiger partial charge in [-0.1, -0.05) is 28.8 Å². The zero-order valence-electron chi connectivity index (χ0n) is 17.6. The molecule has 1 atom stereocenters. The molecule has 1 fully saturated rings. The van der Waals surface area contributed by atoms with E-state index in [1.54, 1.807) is 12.1 Å². The quantitative estimate of drug-likeness (QED) is 0.557. The highest BCUT2D eigenvalue weighted by atomic mass is 32.1. The van der Waals surface area contributed by atoms with E-state index in [2.05, 4.69) is 14.9 Å². The summed E-state index contributed by atoms with van der Waals surface area (Å²) in [5.74, 6) is -0.609. The Morgan fingerprint density at radius 2 is 2.06 bits per heavy atom. The van der Waals surface area contributed by atoms with E-state index >= 15 is 0 Å². The molecule has 1 aromatic heterocycles. The molecule has 1 N–H and O–H groups in total. The lowest BCUT2D eigenvalue weighted by molar-refractivity contribution is -0.119. The zero-order chi connectivity index (χ0) is 22.5. The SMILES string of the molecule is CC(=O)NC[C@H]1CN(c2ccc(-c3ccc(CCCc4csnn4)cc3)c(F)c2)C(=O)O1. The Kier molecular flexibility index (Phi) is 6.75. The van der Waals surface area contributed by atoms with Gasteiger partial charge in [0.2, 0.25) is 5.91 Å². The van der Waals surface area contributed by atoms with Gasteiger partial charge in [0, 0.05) is 17.9 Å². The fourth-order valence-corrected chi connectivity index (χ4v) is 4.11. The second-order valence-corrected chi connectivity index (χ2v) is 8.27. The van der Waals surface area contributed by atoms with Crippen molar-refractivity contribution in [3.05, 3.63) is 64.9 Å². The Morgan fingerprint density at radius 3 is 2.75 bits per heavy atom. The summed E-state index contributed by atoms with van der Waals surface area (Å²) < 4.78 is 24.0. The molecule has 0 aliphatic carbocycles. The molecular weight excluding hydrogens is 431 g/mol. The number of ether oxygens (including phenoxy) is 1. The van der Waals surface area contributed by atoms with Crippen molar-refractivity contribution in [2.75, 3.05) is 18.0 Å². The van der Waals surface area contributed by atoms with Crippen LogP contribution in [0, 0.1) is 5.82 Å². The first-order valence-corrected chi connectivity index (χ1v) is 11.2. The number of carbonyl (C=O) groups is 2. The van der Waals surface area contributed by atoms with Crippen LogP contribution in [0.1, 0.15) is 24.6 Å². The normalized spacial score (nSPS) is 15.6. The third kappa shape index (κ3) is 5.28. The summed E-state index contributed by atoms with van der Waals surface area (Å²) in [5, 5.41) is 8.63. The van der Waals surface area contributed by atoms with E-state index in [0.717, 1.165) is 30.5 Å². The minimum atomic E-state index is -0.551. The fraction of sp³-hybridized carbons (Fsp3) is 0.304. The molecule has 3 aromatic rings. The second kappa shape index (κ2) is 9.86. The average molecular weight is 455 g/mol. The van der Waals surface area contributed by atoms with Crippen LogP contribution in [0.25, 0.3) is 11.1 Å². The van der Waals surface area contributed by atoms with E-state index in [-0.39, 0.29) is 19.0 Å². The highest BCUT2D eigenvalue weighted by Gasteiger charge is 2.32. The number of hydrogen-bond acceptors (Lipinski definition) is 6. The van der Waals surface area contributed by atoms with Crippen LogP contribution in [0.2, 0.25) is 0 Å². The van der Waals surface area contributed by atoms with Gasteiger partial charge in [-0.2, -0.15) is 0 Å². The molecule has 166 valence electrons. The monoisotopic (exact) mass is 454 g/mol. The molecule has 2 heterocycles. The van der Waals surface area contributed by atoms with E-state index in [4.69, 9.17) is 4.74 Å². The Hall–Kier alpha value is -3.33. The maximum Gasteiger partial charge on any atom is 0.414 e. The molecule has 0 spiro atoms. The fourth-order valence-electron chi connectivity index (χ4n) is 3.62. The van der Waals surface area contributed by atoms with Crippen LogP contribution in [0.3, 0.4) is 0 Å². The number of benzene rings is 2. The Balaban J connectivity index is 1.38. The van der Waals surface area contributed by atoms with Crippen LogP contribution in [0.5, 0.6) is 0 Å². The Bertz CT molecular complexity index is 1090. The first kappa shape index (κ1) is 21.9. The second-order valence-electron chi connectivity index (χ2n) is 7.66. The Morgan fingerprint density at radius 1 is 1.25 bits per heavy atom. The third-order valence-electron chi connectivity index (χ3n) is 5.29. The molecular formula is C23H23FN4O3S. The summed E-state index contributed by atoms with van der Waals surface area (Å²) in [4.78, 5) is 24.6. The summed E-state index contributed by atoms with van der Waals surface area (Å²) in [6.07, 6.45) is 1.76. The molecule has 1 aliphatic heterocycles. The minimum absolute atomic E-state index is 0.197. The molecule has 0 unspecified atom stereocenters. The molecule has 4 rings (SSSR count). The predicted molar refractivity (Wildman–Crippen MR) is 120 cm³/mol. The van der Waals surface area contributed by atoms with E-state index in [0.29, 0.717) is 11.3 Å². The van der Waals surface area contributed by atoms with Gasteiger partial charge in [-0.3, -0.25) is 9.69 Å². The van der Waals surface area contributed by atoms with Crippen LogP contribution >= 0.6 is 11.5 Å². The number of aryl methyl sites for hydroxylation is 2. The number of rotatable bonds is 8. The number of halogens is 1. The predicted octanol–water partition coefficient (Wildman–Crippen LogP) is 3.98. The summed E-state index contributed by atoms with van der Waals surface area (Å²) >= 11 is 1.36. The van der Waals surface area contributed by atoms with Crippen molar-refractivity contribution in [3.8, 4) is 11.1 Å². The van der Waals surface area contributed by atoms with Gasteiger partial charge in [-0.15, -0.1) is 5.10 Å². The van der Waals surface area contributed by atoms with Crippen molar-refractivity contribution >= 4 is 29.2 Å². The number of aromatic nitrogens is 2. The highest BCUT2D eigenvalue weighted by Crippen LogP contribution is 2.29. The van der Waals surface area contributed by atoms with Gasteiger partial charge in [0.1, 0.15) is 11.9 Å². The van der Waals surface area contributed by atoms with Crippen LogP contribution < -0.4 is 10.2 Å². The smallest absolute Gasteiger partial charge is 0.414 e. The Labute approximate surface area is 189 Å². The van der Waals surface area contributed by atoms with Crippen LogP contribution in [-0.2, 0) is 22.4 Å². The maximum absolute atomic E-state index is 14.9. The van der Waals surface area contributed by atoms with Crippen molar-refractivity contribution in [1.29, 1.82) is 0 Å². The first-order chi connectivity index (χ1) is 15.5. The lowest BCUT2D eigenvalue weighted by Crippen LogP contribution is -2.33. The molecule has 7 nitrogen and oxygen atoms in total. The van der Waals surface area contributed by atoms with Gasteiger partial charge in [0.05, 0.1) is 24.5 Å². The van der Waals surface area contributed by atoms with Crippen LogP contribution in [0.4, 0.5) is 14.9 Å². The molecule has 0 radical (unpaired) electrons. The summed E-state index contributed by atoms with van der Waals surface area (Å²) in [5.41, 5.74) is 3.86. The summed E-state index contributed by atoms with van der Waals surface area (Å²) in [7, 11) is 0. The largest absolute Gasteiger partial charge is 0.442 e. The first-order valence-electron chi connectivity index (χ1n) is 10.4. The number of nitrogens with zero attached hydrogens (tertiary/aromatic N) is 3. The lowest BCUT2D eigenvalue weighted by Gasteiger charge is -2.14. The highest BCUT2D eigenvalue weighted by molar-refractivity contribution is 7.03. The molecule has 1 aliphatic rings. The molecule has 9 heteroatoms. The molecule has 1 saturated heterocycles. The van der Waals surface area contributed by atoms with E-state index < -0.39 is 18.0 Å². The van der Waals surface area contributed by atoms with Crippen molar-refractivity contribution in [2.24, 2.45) is 0 Å². The van der Waals surface area contributed by atoms with Crippen molar-refractivity contribution in [3.63, 3.8) is 0 Å². The summed E-state index contributed by atoms with van der Waals surface area (Å²) in [6, 6.07) is 12.5. The molecule has 0 saturated carbocycles. The third-order valence-corrected chi connectivity index (χ3v) is 5.84. The molecule has 32 heavy (non-hydrogen) atoms. The molecule has 2 aromatic carbocycles.